The van der Waals surface area contributed by atoms with Crippen molar-refractivity contribution in [3.05, 3.63) is 28.3 Å². The Balaban J connectivity index is 3.04. The van der Waals surface area contributed by atoms with Crippen LogP contribution in [0, 0.1) is 6.92 Å². The zero-order valence-corrected chi connectivity index (χ0v) is 5.09. The van der Waals surface area contributed by atoms with Crippen molar-refractivity contribution >= 4 is 22.9 Å². The summed E-state index contributed by atoms with van der Waals surface area (Å²) in [6, 6.07) is 3.56. The maximum atomic E-state index is 5.50. The van der Waals surface area contributed by atoms with Gasteiger partial charge in [0.05, 0.1) is 4.34 Å². The summed E-state index contributed by atoms with van der Waals surface area (Å²) in [6.45, 7) is 5.31. The van der Waals surface area contributed by atoms with Gasteiger partial charge in [-0.3, -0.25) is 0 Å². The lowest BCUT2D eigenvalue weighted by molar-refractivity contribution is 1.89. The highest BCUT2D eigenvalue weighted by Crippen LogP contribution is 2.19. The molecule has 0 nitrogen and oxygen atoms in total. The van der Waals surface area contributed by atoms with E-state index in [4.69, 9.17) is 18.5 Å². The van der Waals surface area contributed by atoms with E-state index in [1.165, 1.54) is 11.3 Å². The molecule has 0 saturated carbocycles. The monoisotopic (exact) mass is 130 g/mol. The molecule has 0 aliphatic carbocycles. The van der Waals surface area contributed by atoms with Gasteiger partial charge in [-0.1, -0.05) is 11.6 Å². The largest absolute Gasteiger partial charge is 0.128 e. The van der Waals surface area contributed by atoms with E-state index >= 15 is 0 Å². The first-order valence-electron chi connectivity index (χ1n) is 1.80. The summed E-state index contributed by atoms with van der Waals surface area (Å²) < 4.78 is 0.748. The minimum atomic E-state index is 0.748. The van der Waals surface area contributed by atoms with Crippen molar-refractivity contribution < 1.29 is 0 Å². The lowest BCUT2D eigenvalue weighted by Gasteiger charge is -1.68. The fourth-order valence-electron chi connectivity index (χ4n) is 0.328. The van der Waals surface area contributed by atoms with E-state index in [-0.39, 0.29) is 0 Å². The quantitative estimate of drug-likeness (QED) is 0.506. The highest BCUT2D eigenvalue weighted by Gasteiger charge is 1.87. The highest BCUT2D eigenvalue weighted by atomic mass is 35.5. The molecule has 0 fully saturated rings. The molecule has 0 aliphatic heterocycles. The smallest absolute Gasteiger partial charge is 0.0931 e. The Kier molecular flexibility index (Phi) is 1.35. The fourth-order valence-corrected chi connectivity index (χ4v) is 1.16. The fraction of sp³-hybridized carbons (Fsp3) is 0. The van der Waals surface area contributed by atoms with Gasteiger partial charge in [0.25, 0.3) is 0 Å². The molecule has 0 atom stereocenters. The van der Waals surface area contributed by atoms with Gasteiger partial charge in [-0.05, 0) is 12.1 Å². The van der Waals surface area contributed by atoms with Crippen LogP contribution >= 0.6 is 22.9 Å². The third-order valence-electron chi connectivity index (χ3n) is 0.594. The summed E-state index contributed by atoms with van der Waals surface area (Å²) in [5.41, 5.74) is 0. The van der Waals surface area contributed by atoms with Crippen LogP contribution < -0.4 is 0 Å². The molecule has 0 aromatic carbocycles. The molecule has 7 heavy (non-hydrogen) atoms. The van der Waals surface area contributed by atoms with Crippen molar-refractivity contribution in [3.63, 3.8) is 0 Å². The Morgan fingerprint density at radius 1 is 1.57 bits per heavy atom. The molecule has 0 bridgehead atoms. The standard InChI is InChI=1S/C5H3ClS/c1-4-2-3-5(6)7-4/h1-3H. The summed E-state index contributed by atoms with van der Waals surface area (Å²) in [7, 11) is 0. The molecule has 0 aliphatic rings. The van der Waals surface area contributed by atoms with Crippen molar-refractivity contribution in [2.24, 2.45) is 0 Å². The van der Waals surface area contributed by atoms with Gasteiger partial charge in [0.2, 0.25) is 0 Å². The van der Waals surface area contributed by atoms with Crippen molar-refractivity contribution in [2.45, 2.75) is 0 Å². The molecule has 0 unspecified atom stereocenters. The van der Waals surface area contributed by atoms with Gasteiger partial charge in [-0.2, -0.15) is 0 Å². The van der Waals surface area contributed by atoms with Crippen LogP contribution in [0.2, 0.25) is 4.34 Å². The third-order valence-corrected chi connectivity index (χ3v) is 1.65. The predicted molar refractivity (Wildman–Crippen MR) is 32.7 cm³/mol. The Bertz CT molecular complexity index is 140. The minimum absolute atomic E-state index is 0.748. The average molecular weight is 131 g/mol. The van der Waals surface area contributed by atoms with E-state index in [0.717, 1.165) is 9.21 Å². The first kappa shape index (κ1) is 5.13. The van der Waals surface area contributed by atoms with E-state index in [2.05, 4.69) is 0 Å². The van der Waals surface area contributed by atoms with Crippen LogP contribution in [0.25, 0.3) is 0 Å². The molecule has 1 rings (SSSR count). The summed E-state index contributed by atoms with van der Waals surface area (Å²) >= 11 is 6.88. The number of hydrogen-bond donors (Lipinski definition) is 0. The van der Waals surface area contributed by atoms with Gasteiger partial charge in [0, 0.05) is 11.8 Å². The van der Waals surface area contributed by atoms with Crippen LogP contribution in [0.1, 0.15) is 4.88 Å². The first-order valence-corrected chi connectivity index (χ1v) is 2.99. The van der Waals surface area contributed by atoms with Gasteiger partial charge < -0.3 is 0 Å². The van der Waals surface area contributed by atoms with E-state index in [1.54, 1.807) is 12.1 Å². The molecule has 1 aromatic rings. The van der Waals surface area contributed by atoms with Crippen LogP contribution in [0.5, 0.6) is 0 Å². The number of rotatable bonds is 0. The van der Waals surface area contributed by atoms with Crippen LogP contribution in [0.4, 0.5) is 0 Å². The van der Waals surface area contributed by atoms with Crippen molar-refractivity contribution in [3.8, 4) is 0 Å². The van der Waals surface area contributed by atoms with E-state index in [9.17, 15) is 0 Å². The molecule has 0 spiro atoms. The van der Waals surface area contributed by atoms with Gasteiger partial charge in [0.1, 0.15) is 0 Å². The maximum absolute atomic E-state index is 5.50. The summed E-state index contributed by atoms with van der Waals surface area (Å²) in [5.74, 6) is 0. The van der Waals surface area contributed by atoms with E-state index < -0.39 is 0 Å². The van der Waals surface area contributed by atoms with Crippen molar-refractivity contribution in [1.29, 1.82) is 0 Å². The van der Waals surface area contributed by atoms with Gasteiger partial charge in [-0.15, -0.1) is 11.3 Å². The van der Waals surface area contributed by atoms with E-state index in [1.807, 2.05) is 0 Å². The second kappa shape index (κ2) is 1.85. The van der Waals surface area contributed by atoms with E-state index in [0.29, 0.717) is 0 Å². The first-order chi connectivity index (χ1) is 3.29. The topological polar surface area (TPSA) is 0 Å². The summed E-state index contributed by atoms with van der Waals surface area (Å²) in [4.78, 5) is 0.769. The Hall–Kier alpha value is -0.0100. The van der Waals surface area contributed by atoms with Crippen LogP contribution in [0.15, 0.2) is 12.1 Å². The minimum Gasteiger partial charge on any atom is -0.128 e. The van der Waals surface area contributed by atoms with Gasteiger partial charge >= 0.3 is 0 Å². The molecule has 0 N–H and O–H groups in total. The molecular weight excluding hydrogens is 128 g/mol. The molecule has 0 saturated heterocycles. The zero-order chi connectivity index (χ0) is 5.28. The maximum Gasteiger partial charge on any atom is 0.0931 e. The van der Waals surface area contributed by atoms with Crippen molar-refractivity contribution in [2.75, 3.05) is 0 Å². The summed E-state index contributed by atoms with van der Waals surface area (Å²) in [5, 5.41) is 0. The zero-order valence-electron chi connectivity index (χ0n) is 3.52. The SMILES string of the molecule is [CH]c1ccc(Cl)s1. The summed E-state index contributed by atoms with van der Waals surface area (Å²) in [6.07, 6.45) is 0. The molecule has 1 heterocycles. The Morgan fingerprint density at radius 3 is 2.43 bits per heavy atom. The van der Waals surface area contributed by atoms with Crippen LogP contribution in [-0.2, 0) is 0 Å². The van der Waals surface area contributed by atoms with Crippen molar-refractivity contribution in [1.82, 2.24) is 0 Å². The average Bonchev–Trinajstić information content (AvgIpc) is 1.87. The second-order valence-electron chi connectivity index (χ2n) is 1.14. The third kappa shape index (κ3) is 1.18. The normalized spacial score (nSPS) is 9.43. The molecule has 2 heteroatoms. The number of thiophene rings is 1. The molecule has 2 radical (unpaired) electrons. The lowest BCUT2D eigenvalue weighted by atomic mass is 10.5. The van der Waals surface area contributed by atoms with Gasteiger partial charge in [-0.25, -0.2) is 0 Å². The van der Waals surface area contributed by atoms with Gasteiger partial charge in [0.15, 0.2) is 0 Å². The van der Waals surface area contributed by atoms with Crippen LogP contribution in [-0.4, -0.2) is 0 Å². The number of hydrogen-bond acceptors (Lipinski definition) is 1. The lowest BCUT2D eigenvalue weighted by Crippen LogP contribution is -1.43. The Morgan fingerprint density at radius 2 is 2.29 bits per heavy atom. The predicted octanol–water partition coefficient (Wildman–Crippen LogP) is 2.46. The Labute approximate surface area is 51.7 Å². The molecule has 0 amide bonds. The van der Waals surface area contributed by atoms with Crippen LogP contribution in [0.3, 0.4) is 0 Å². The molecule has 1 aromatic heterocycles. The molecule has 36 valence electrons. The number of halogens is 1. The highest BCUT2D eigenvalue weighted by molar-refractivity contribution is 7.16. The molecular formula is C5H3ClS. The second-order valence-corrected chi connectivity index (χ2v) is 2.89.